The molecule has 0 N–H and O–H groups in total. The van der Waals surface area contributed by atoms with Gasteiger partial charge in [-0.05, 0) is 36.4 Å². The van der Waals surface area contributed by atoms with Gasteiger partial charge in [0.1, 0.15) is 5.75 Å². The van der Waals surface area contributed by atoms with Crippen LogP contribution < -0.4 is 9.64 Å². The van der Waals surface area contributed by atoms with Crippen LogP contribution in [0.5, 0.6) is 5.75 Å². The fraction of sp³-hybridized carbons (Fsp3) is 0.250. The van der Waals surface area contributed by atoms with Gasteiger partial charge >= 0.3 is 5.97 Å². The number of anilines is 1. The van der Waals surface area contributed by atoms with Crippen molar-refractivity contribution in [3.05, 3.63) is 60.2 Å². The van der Waals surface area contributed by atoms with E-state index in [0.717, 1.165) is 5.69 Å². The van der Waals surface area contributed by atoms with E-state index in [1.807, 2.05) is 30.3 Å². The van der Waals surface area contributed by atoms with Gasteiger partial charge in [0.2, 0.25) is 5.91 Å². The maximum Gasteiger partial charge on any atom is 0.311 e. The van der Waals surface area contributed by atoms with Crippen LogP contribution in [0.2, 0.25) is 0 Å². The molecule has 1 fully saturated rings. The Kier molecular flexibility index (Phi) is 5.31. The molecule has 1 amide bonds. The average Bonchev–Trinajstić information content (AvgIpc) is 3.08. The lowest BCUT2D eigenvalue weighted by molar-refractivity contribution is -0.147. The highest BCUT2D eigenvalue weighted by Gasteiger charge is 2.36. The van der Waals surface area contributed by atoms with Crippen molar-refractivity contribution in [1.29, 1.82) is 0 Å². The zero-order chi connectivity index (χ0) is 18.5. The Bertz CT molecular complexity index is 801. The second kappa shape index (κ2) is 7.82. The van der Waals surface area contributed by atoms with E-state index < -0.39 is 11.9 Å². The van der Waals surface area contributed by atoms with Gasteiger partial charge in [-0.1, -0.05) is 18.2 Å². The minimum atomic E-state index is -0.564. The minimum Gasteiger partial charge on any atom is -0.497 e. The Balaban J connectivity index is 1.55. The van der Waals surface area contributed by atoms with E-state index in [-0.39, 0.29) is 31.3 Å². The Hall–Kier alpha value is -3.15. The molecule has 0 radical (unpaired) electrons. The lowest BCUT2D eigenvalue weighted by Gasteiger charge is -2.16. The predicted octanol–water partition coefficient (Wildman–Crippen LogP) is 2.47. The number of esters is 1. The minimum absolute atomic E-state index is 0.0878. The highest BCUT2D eigenvalue weighted by molar-refractivity contribution is 6.01. The predicted molar refractivity (Wildman–Crippen MR) is 95.2 cm³/mol. The SMILES string of the molecule is COc1ccc(C(=O)COC(=O)C2CC(=O)N(c3ccccc3)C2)cc1. The molecule has 0 spiro atoms. The Morgan fingerprint density at radius 1 is 1.08 bits per heavy atom. The topological polar surface area (TPSA) is 72.9 Å². The molecule has 0 aromatic heterocycles. The molecule has 1 saturated heterocycles. The lowest BCUT2D eigenvalue weighted by Crippen LogP contribution is -2.27. The summed E-state index contributed by atoms with van der Waals surface area (Å²) in [5, 5.41) is 0. The summed E-state index contributed by atoms with van der Waals surface area (Å²) in [5.74, 6) is -0.876. The van der Waals surface area contributed by atoms with Gasteiger partial charge in [0.25, 0.3) is 0 Å². The zero-order valence-corrected chi connectivity index (χ0v) is 14.4. The molecule has 3 rings (SSSR count). The quantitative estimate of drug-likeness (QED) is 0.589. The number of methoxy groups -OCH3 is 1. The molecule has 0 saturated carbocycles. The van der Waals surface area contributed by atoms with Crippen LogP contribution in [-0.2, 0) is 14.3 Å². The second-order valence-electron chi connectivity index (χ2n) is 6.00. The monoisotopic (exact) mass is 353 g/mol. The number of benzene rings is 2. The number of hydrogen-bond acceptors (Lipinski definition) is 5. The third-order valence-electron chi connectivity index (χ3n) is 4.28. The number of hydrogen-bond donors (Lipinski definition) is 0. The molecular formula is C20H19NO5. The number of rotatable bonds is 6. The number of carbonyl (C=O) groups excluding carboxylic acids is 3. The maximum absolute atomic E-state index is 12.2. The van der Waals surface area contributed by atoms with Crippen molar-refractivity contribution in [1.82, 2.24) is 0 Å². The third kappa shape index (κ3) is 3.91. The maximum atomic E-state index is 12.2. The summed E-state index contributed by atoms with van der Waals surface area (Å²) in [6.45, 7) is -0.0837. The Morgan fingerprint density at radius 2 is 1.77 bits per heavy atom. The lowest BCUT2D eigenvalue weighted by atomic mass is 10.1. The molecule has 6 heteroatoms. The Morgan fingerprint density at radius 3 is 2.42 bits per heavy atom. The highest BCUT2D eigenvalue weighted by atomic mass is 16.5. The van der Waals surface area contributed by atoms with Crippen molar-refractivity contribution >= 4 is 23.3 Å². The van der Waals surface area contributed by atoms with Gasteiger partial charge in [-0.2, -0.15) is 0 Å². The molecular weight excluding hydrogens is 334 g/mol. The van der Waals surface area contributed by atoms with Crippen molar-refractivity contribution in [2.75, 3.05) is 25.2 Å². The molecule has 1 heterocycles. The van der Waals surface area contributed by atoms with Crippen molar-refractivity contribution in [3.8, 4) is 5.75 Å². The largest absolute Gasteiger partial charge is 0.497 e. The summed E-state index contributed by atoms with van der Waals surface area (Å²) >= 11 is 0. The molecule has 1 unspecified atom stereocenters. The number of carbonyl (C=O) groups is 3. The van der Waals surface area contributed by atoms with Gasteiger partial charge in [0.15, 0.2) is 12.4 Å². The number of ketones is 1. The number of para-hydroxylation sites is 1. The van der Waals surface area contributed by atoms with Gasteiger partial charge in [-0.25, -0.2) is 0 Å². The molecule has 6 nitrogen and oxygen atoms in total. The summed E-state index contributed by atoms with van der Waals surface area (Å²) in [4.78, 5) is 38.1. The molecule has 1 aliphatic rings. The highest BCUT2D eigenvalue weighted by Crippen LogP contribution is 2.25. The van der Waals surface area contributed by atoms with E-state index in [1.54, 1.807) is 36.3 Å². The van der Waals surface area contributed by atoms with Crippen LogP contribution in [0.15, 0.2) is 54.6 Å². The number of nitrogens with zero attached hydrogens (tertiary/aromatic N) is 1. The van der Waals surface area contributed by atoms with Crippen molar-refractivity contribution in [2.45, 2.75) is 6.42 Å². The van der Waals surface area contributed by atoms with E-state index in [1.165, 1.54) is 0 Å². The van der Waals surface area contributed by atoms with Crippen LogP contribution in [0.1, 0.15) is 16.8 Å². The van der Waals surface area contributed by atoms with Crippen molar-refractivity contribution in [3.63, 3.8) is 0 Å². The van der Waals surface area contributed by atoms with Crippen molar-refractivity contribution < 1.29 is 23.9 Å². The molecule has 2 aromatic rings. The molecule has 1 aliphatic heterocycles. The van der Waals surface area contributed by atoms with E-state index >= 15 is 0 Å². The molecule has 134 valence electrons. The average molecular weight is 353 g/mol. The first kappa shape index (κ1) is 17.7. The van der Waals surface area contributed by atoms with E-state index in [0.29, 0.717) is 11.3 Å². The van der Waals surface area contributed by atoms with Crippen LogP contribution in [0.25, 0.3) is 0 Å². The van der Waals surface area contributed by atoms with Gasteiger partial charge in [0, 0.05) is 24.2 Å². The van der Waals surface area contributed by atoms with E-state index in [2.05, 4.69) is 0 Å². The molecule has 2 aromatic carbocycles. The van der Waals surface area contributed by atoms with Gasteiger partial charge in [0.05, 0.1) is 13.0 Å². The first-order valence-electron chi connectivity index (χ1n) is 8.28. The summed E-state index contributed by atoms with van der Waals surface area (Å²) in [5.41, 5.74) is 1.19. The second-order valence-corrected chi connectivity index (χ2v) is 6.00. The summed E-state index contributed by atoms with van der Waals surface area (Å²) in [6, 6.07) is 15.7. The van der Waals surface area contributed by atoms with Crippen LogP contribution >= 0.6 is 0 Å². The van der Waals surface area contributed by atoms with Gasteiger partial charge in [-0.15, -0.1) is 0 Å². The van der Waals surface area contributed by atoms with Crippen LogP contribution in [0, 0.1) is 5.92 Å². The summed E-state index contributed by atoms with van der Waals surface area (Å²) in [7, 11) is 1.54. The molecule has 0 bridgehead atoms. The summed E-state index contributed by atoms with van der Waals surface area (Å²) in [6.07, 6.45) is 0.0878. The van der Waals surface area contributed by atoms with E-state index in [9.17, 15) is 14.4 Å². The zero-order valence-electron chi connectivity index (χ0n) is 14.4. The molecule has 0 aliphatic carbocycles. The van der Waals surface area contributed by atoms with Gasteiger partial charge in [-0.3, -0.25) is 14.4 Å². The first-order chi connectivity index (χ1) is 12.6. The van der Waals surface area contributed by atoms with E-state index in [4.69, 9.17) is 9.47 Å². The van der Waals surface area contributed by atoms with Crippen LogP contribution in [0.3, 0.4) is 0 Å². The number of amides is 1. The third-order valence-corrected chi connectivity index (χ3v) is 4.28. The molecule has 1 atom stereocenters. The van der Waals surface area contributed by atoms with Crippen LogP contribution in [-0.4, -0.2) is 37.9 Å². The fourth-order valence-electron chi connectivity index (χ4n) is 2.84. The number of Topliss-reactive ketones (excluding diaryl/α,β-unsaturated/α-hetero) is 1. The first-order valence-corrected chi connectivity index (χ1v) is 8.28. The van der Waals surface area contributed by atoms with Crippen molar-refractivity contribution in [2.24, 2.45) is 5.92 Å². The Labute approximate surface area is 151 Å². The summed E-state index contributed by atoms with van der Waals surface area (Å²) < 4.78 is 10.2. The van der Waals surface area contributed by atoms with Gasteiger partial charge < -0.3 is 14.4 Å². The standard InChI is InChI=1S/C20H19NO5/c1-25-17-9-7-14(8-10-17)18(22)13-26-20(24)15-11-19(23)21(12-15)16-5-3-2-4-6-16/h2-10,15H,11-13H2,1H3. The fourth-order valence-corrected chi connectivity index (χ4v) is 2.84. The smallest absolute Gasteiger partial charge is 0.311 e. The number of ether oxygens (including phenoxy) is 2. The van der Waals surface area contributed by atoms with Crippen LogP contribution in [0.4, 0.5) is 5.69 Å². The normalized spacial score (nSPS) is 16.4. The molecule has 26 heavy (non-hydrogen) atoms.